The van der Waals surface area contributed by atoms with Gasteiger partial charge in [-0.05, 0) is 24.3 Å². The average molecular weight is 281 g/mol. The molecule has 7 heteroatoms. The fourth-order valence-electron chi connectivity index (χ4n) is 1.30. The van der Waals surface area contributed by atoms with Crippen molar-refractivity contribution in [3.63, 3.8) is 0 Å². The summed E-state index contributed by atoms with van der Waals surface area (Å²) in [5.74, 6) is 0. The van der Waals surface area contributed by atoms with Gasteiger partial charge in [-0.2, -0.15) is 13.2 Å². The maximum absolute atomic E-state index is 12.4. The molecule has 0 N–H and O–H groups in total. The quantitative estimate of drug-likeness (QED) is 0.602. The number of amides is 2. The number of benzene rings is 1. The van der Waals surface area contributed by atoms with Crippen LogP contribution in [0.3, 0.4) is 0 Å². The third-order valence-electron chi connectivity index (χ3n) is 2.24. The van der Waals surface area contributed by atoms with E-state index in [1.165, 1.54) is 36.0 Å². The van der Waals surface area contributed by atoms with Crippen molar-refractivity contribution < 1.29 is 18.0 Å². The lowest BCUT2D eigenvalue weighted by Gasteiger charge is -2.24. The second-order valence-electron chi connectivity index (χ2n) is 3.77. The predicted molar refractivity (Wildman–Crippen MR) is 63.7 cm³/mol. The molecule has 18 heavy (non-hydrogen) atoms. The molecular formula is C11H12ClF3N2O. The number of urea groups is 1. The lowest BCUT2D eigenvalue weighted by atomic mass is 10.2. The van der Waals surface area contributed by atoms with Crippen molar-refractivity contribution in [1.82, 2.24) is 4.90 Å². The number of anilines is 1. The van der Waals surface area contributed by atoms with Gasteiger partial charge in [0.1, 0.15) is 6.00 Å². The van der Waals surface area contributed by atoms with E-state index in [2.05, 4.69) is 0 Å². The minimum absolute atomic E-state index is 0.137. The van der Waals surface area contributed by atoms with Crippen molar-refractivity contribution in [2.75, 3.05) is 25.0 Å². The van der Waals surface area contributed by atoms with Crippen LogP contribution in [0.25, 0.3) is 0 Å². The van der Waals surface area contributed by atoms with E-state index in [-0.39, 0.29) is 6.00 Å². The molecule has 1 rings (SSSR count). The van der Waals surface area contributed by atoms with Crippen LogP contribution in [0.2, 0.25) is 0 Å². The Hall–Kier alpha value is -1.43. The summed E-state index contributed by atoms with van der Waals surface area (Å²) in [5.41, 5.74) is -0.449. The van der Waals surface area contributed by atoms with E-state index in [0.29, 0.717) is 5.69 Å². The zero-order chi connectivity index (χ0) is 13.9. The van der Waals surface area contributed by atoms with Gasteiger partial charge in [-0.1, -0.05) is 0 Å². The number of carbonyl (C=O) groups is 1. The van der Waals surface area contributed by atoms with E-state index >= 15 is 0 Å². The minimum atomic E-state index is -4.39. The van der Waals surface area contributed by atoms with Crippen LogP contribution in [0.1, 0.15) is 5.56 Å². The molecule has 0 unspecified atom stereocenters. The zero-order valence-corrected chi connectivity index (χ0v) is 10.6. The Kier molecular flexibility index (Phi) is 4.45. The SMILES string of the molecule is CN(C)C(=O)N(CCl)c1ccc(C(F)(F)F)cc1. The molecule has 0 spiro atoms. The number of halogens is 4. The molecule has 0 aliphatic rings. The molecule has 0 saturated carbocycles. The van der Waals surface area contributed by atoms with Gasteiger partial charge in [0.2, 0.25) is 0 Å². The molecular weight excluding hydrogens is 269 g/mol. The molecule has 0 aliphatic carbocycles. The van der Waals surface area contributed by atoms with Crippen molar-refractivity contribution in [2.45, 2.75) is 6.18 Å². The van der Waals surface area contributed by atoms with E-state index in [9.17, 15) is 18.0 Å². The third-order valence-corrected chi connectivity index (χ3v) is 2.48. The highest BCUT2D eigenvalue weighted by molar-refractivity contribution is 6.21. The van der Waals surface area contributed by atoms with Gasteiger partial charge < -0.3 is 4.90 Å². The first kappa shape index (κ1) is 14.6. The second-order valence-corrected chi connectivity index (χ2v) is 4.01. The molecule has 0 radical (unpaired) electrons. The number of hydrogen-bond donors (Lipinski definition) is 0. The van der Waals surface area contributed by atoms with Crippen molar-refractivity contribution in [3.8, 4) is 0 Å². The van der Waals surface area contributed by atoms with E-state index in [4.69, 9.17) is 11.6 Å². The minimum Gasteiger partial charge on any atom is -0.330 e. The number of carbonyl (C=O) groups excluding carboxylic acids is 1. The van der Waals surface area contributed by atoms with Gasteiger partial charge in [-0.15, -0.1) is 11.6 Å². The molecule has 0 bridgehead atoms. The summed E-state index contributed by atoms with van der Waals surface area (Å²) in [7, 11) is 3.07. The molecule has 0 saturated heterocycles. The van der Waals surface area contributed by atoms with Gasteiger partial charge in [-0.25, -0.2) is 4.79 Å². The Bertz CT molecular complexity index is 417. The van der Waals surface area contributed by atoms with Gasteiger partial charge in [-0.3, -0.25) is 4.90 Å². The highest BCUT2D eigenvalue weighted by Gasteiger charge is 2.30. The highest BCUT2D eigenvalue weighted by atomic mass is 35.5. The molecule has 3 nitrogen and oxygen atoms in total. The Labute approximate surface area is 108 Å². The van der Waals surface area contributed by atoms with Crippen LogP contribution >= 0.6 is 11.6 Å². The Morgan fingerprint density at radius 2 is 1.72 bits per heavy atom. The lowest BCUT2D eigenvalue weighted by Crippen LogP contribution is -2.38. The summed E-state index contributed by atoms with van der Waals surface area (Å²) < 4.78 is 37.1. The third kappa shape index (κ3) is 3.29. The first-order valence-electron chi connectivity index (χ1n) is 4.99. The van der Waals surface area contributed by atoms with Crippen LogP contribution < -0.4 is 4.90 Å². The van der Waals surface area contributed by atoms with E-state index in [0.717, 1.165) is 12.1 Å². The summed E-state index contributed by atoms with van der Waals surface area (Å²) in [6.07, 6.45) is -4.39. The van der Waals surface area contributed by atoms with Gasteiger partial charge >= 0.3 is 12.2 Å². The van der Waals surface area contributed by atoms with Crippen molar-refractivity contribution in [1.29, 1.82) is 0 Å². The van der Waals surface area contributed by atoms with Gasteiger partial charge in [0.05, 0.1) is 5.56 Å². The topological polar surface area (TPSA) is 23.6 Å². The first-order chi connectivity index (χ1) is 8.27. The van der Waals surface area contributed by atoms with Crippen LogP contribution in [0, 0.1) is 0 Å². The van der Waals surface area contributed by atoms with E-state index in [1.807, 2.05) is 0 Å². The number of hydrogen-bond acceptors (Lipinski definition) is 1. The molecule has 2 amide bonds. The molecule has 1 aromatic carbocycles. The first-order valence-corrected chi connectivity index (χ1v) is 5.53. The van der Waals surface area contributed by atoms with Crippen LogP contribution in [0.5, 0.6) is 0 Å². The molecule has 100 valence electrons. The molecule has 0 aromatic heterocycles. The predicted octanol–water partition coefficient (Wildman–Crippen LogP) is 3.39. The largest absolute Gasteiger partial charge is 0.416 e. The van der Waals surface area contributed by atoms with Crippen molar-refractivity contribution in [2.24, 2.45) is 0 Å². The maximum atomic E-state index is 12.4. The van der Waals surface area contributed by atoms with Crippen molar-refractivity contribution in [3.05, 3.63) is 29.8 Å². The molecule has 0 fully saturated rings. The van der Waals surface area contributed by atoms with Crippen molar-refractivity contribution >= 4 is 23.3 Å². The van der Waals surface area contributed by atoms with Gasteiger partial charge in [0.15, 0.2) is 0 Å². The van der Waals surface area contributed by atoms with Gasteiger partial charge in [0.25, 0.3) is 0 Å². The fourth-order valence-corrected chi connectivity index (χ4v) is 1.54. The second kappa shape index (κ2) is 5.48. The molecule has 1 aromatic rings. The molecule has 0 aliphatic heterocycles. The number of nitrogens with zero attached hydrogens (tertiary/aromatic N) is 2. The molecule has 0 atom stereocenters. The van der Waals surface area contributed by atoms with E-state index in [1.54, 1.807) is 0 Å². The fraction of sp³-hybridized carbons (Fsp3) is 0.364. The molecule has 0 heterocycles. The zero-order valence-electron chi connectivity index (χ0n) is 9.83. The smallest absolute Gasteiger partial charge is 0.330 e. The Morgan fingerprint density at radius 3 is 2.06 bits per heavy atom. The summed E-state index contributed by atoms with van der Waals surface area (Å²) in [5, 5.41) is 0. The van der Waals surface area contributed by atoms with Crippen LogP contribution in [0.15, 0.2) is 24.3 Å². The van der Waals surface area contributed by atoms with E-state index < -0.39 is 17.8 Å². The highest BCUT2D eigenvalue weighted by Crippen LogP contribution is 2.30. The standard InChI is InChI=1S/C11H12ClF3N2O/c1-16(2)10(18)17(7-12)9-5-3-8(4-6-9)11(13,14)15/h3-6H,7H2,1-2H3. The lowest BCUT2D eigenvalue weighted by molar-refractivity contribution is -0.137. The Morgan fingerprint density at radius 1 is 1.22 bits per heavy atom. The number of rotatable bonds is 2. The average Bonchev–Trinajstić information content (AvgIpc) is 2.29. The summed E-state index contributed by atoms with van der Waals surface area (Å²) >= 11 is 5.63. The maximum Gasteiger partial charge on any atom is 0.416 e. The normalized spacial score (nSPS) is 11.2. The summed E-state index contributed by atoms with van der Waals surface area (Å²) in [6.45, 7) is 0. The van der Waals surface area contributed by atoms with Crippen LogP contribution in [-0.2, 0) is 6.18 Å². The Balaban J connectivity index is 2.99. The van der Waals surface area contributed by atoms with Crippen LogP contribution in [-0.4, -0.2) is 31.0 Å². The number of alkyl halides is 4. The van der Waals surface area contributed by atoms with Crippen LogP contribution in [0.4, 0.5) is 23.7 Å². The monoisotopic (exact) mass is 280 g/mol. The van der Waals surface area contributed by atoms with Gasteiger partial charge in [0, 0.05) is 19.8 Å². The summed E-state index contributed by atoms with van der Waals surface area (Å²) in [6, 6.07) is 3.72. The summed E-state index contributed by atoms with van der Waals surface area (Å²) in [4.78, 5) is 14.2.